The molecule has 2 atom stereocenters. The number of aryl methyl sites for hydroxylation is 1. The van der Waals surface area contributed by atoms with Gasteiger partial charge in [-0.15, -0.1) is 0 Å². The highest BCUT2D eigenvalue weighted by Gasteiger charge is 2.46. The normalized spacial score (nSPS) is 19.3. The van der Waals surface area contributed by atoms with Crippen LogP contribution in [0.3, 0.4) is 0 Å². The van der Waals surface area contributed by atoms with E-state index in [-0.39, 0.29) is 23.0 Å². The Morgan fingerprint density at radius 1 is 1.02 bits per heavy atom. The first kappa shape index (κ1) is 26.3. The molecule has 40 heavy (non-hydrogen) atoms. The Labute approximate surface area is 226 Å². The molecule has 1 aromatic heterocycles. The lowest BCUT2D eigenvalue weighted by molar-refractivity contribution is -0.385. The average Bonchev–Trinajstić information content (AvgIpc) is 3.56. The van der Waals surface area contributed by atoms with Crippen LogP contribution in [-0.2, 0) is 6.54 Å². The van der Waals surface area contributed by atoms with Gasteiger partial charge in [-0.25, -0.2) is 5.01 Å². The van der Waals surface area contributed by atoms with E-state index < -0.39 is 32.4 Å². The summed E-state index contributed by atoms with van der Waals surface area (Å²) in [7, 11) is 0. The number of aromatic nitrogens is 2. The average molecular weight is 546 g/mol. The number of nitro groups is 3. The SMILES string of the molecule is CCn1cc([N+](=O)[O-])c(C(=O)N2N=C3/C(=C/c4cccc([N+](=O)[O-])c4)CCC[C@H]3[C@H]2c2cccc([N+](=O)[O-])c2)n1. The van der Waals surface area contributed by atoms with Gasteiger partial charge in [-0.1, -0.05) is 24.3 Å². The fourth-order valence-electron chi connectivity index (χ4n) is 5.22. The van der Waals surface area contributed by atoms with Gasteiger partial charge in [0.25, 0.3) is 11.4 Å². The molecular weight excluding hydrogens is 522 g/mol. The van der Waals surface area contributed by atoms with Crippen LogP contribution in [0.1, 0.15) is 53.8 Å². The number of nitro benzene ring substituents is 2. The van der Waals surface area contributed by atoms with Gasteiger partial charge >= 0.3 is 11.6 Å². The zero-order valence-corrected chi connectivity index (χ0v) is 21.2. The third-order valence-electron chi connectivity index (χ3n) is 7.02. The molecule has 1 saturated carbocycles. The number of benzene rings is 2. The number of hydrogen-bond donors (Lipinski definition) is 0. The van der Waals surface area contributed by atoms with Crippen molar-refractivity contribution in [3.63, 3.8) is 0 Å². The molecule has 1 aliphatic carbocycles. The van der Waals surface area contributed by atoms with E-state index in [2.05, 4.69) is 10.2 Å². The predicted molar refractivity (Wildman–Crippen MR) is 142 cm³/mol. The minimum atomic E-state index is -0.799. The van der Waals surface area contributed by atoms with Crippen LogP contribution in [0.4, 0.5) is 17.1 Å². The van der Waals surface area contributed by atoms with Crippen LogP contribution >= 0.6 is 0 Å². The molecule has 204 valence electrons. The number of hydrogen-bond acceptors (Lipinski definition) is 9. The van der Waals surface area contributed by atoms with E-state index in [1.807, 2.05) is 0 Å². The number of allylic oxidation sites excluding steroid dienone is 1. The largest absolute Gasteiger partial charge is 0.320 e. The first-order valence-electron chi connectivity index (χ1n) is 12.5. The molecule has 0 radical (unpaired) electrons. The summed E-state index contributed by atoms with van der Waals surface area (Å²) in [6.45, 7) is 2.03. The van der Waals surface area contributed by atoms with Crippen molar-refractivity contribution in [1.82, 2.24) is 14.8 Å². The van der Waals surface area contributed by atoms with Crippen molar-refractivity contribution >= 4 is 34.8 Å². The molecule has 0 saturated heterocycles. The van der Waals surface area contributed by atoms with Crippen LogP contribution in [0, 0.1) is 36.3 Å². The second kappa shape index (κ2) is 10.5. The summed E-state index contributed by atoms with van der Waals surface area (Å²) >= 11 is 0. The van der Waals surface area contributed by atoms with Crippen LogP contribution in [0.25, 0.3) is 6.08 Å². The quantitative estimate of drug-likeness (QED) is 0.291. The fraction of sp³-hybridized carbons (Fsp3) is 0.269. The Kier molecular flexibility index (Phi) is 6.90. The minimum Gasteiger partial charge on any atom is -0.265 e. The van der Waals surface area contributed by atoms with Crippen molar-refractivity contribution < 1.29 is 19.6 Å². The molecule has 1 amide bonds. The topological polar surface area (TPSA) is 180 Å². The maximum absolute atomic E-state index is 13.8. The van der Waals surface area contributed by atoms with E-state index in [1.165, 1.54) is 41.2 Å². The highest BCUT2D eigenvalue weighted by atomic mass is 16.6. The summed E-state index contributed by atoms with van der Waals surface area (Å²) in [5.41, 5.74) is 1.28. The maximum atomic E-state index is 13.8. The molecular formula is C26H23N7O7. The molecule has 14 nitrogen and oxygen atoms in total. The number of nitrogens with zero attached hydrogens (tertiary/aromatic N) is 7. The Morgan fingerprint density at radius 3 is 2.40 bits per heavy atom. The van der Waals surface area contributed by atoms with Gasteiger partial charge in [0, 0.05) is 36.7 Å². The molecule has 1 aliphatic heterocycles. The predicted octanol–water partition coefficient (Wildman–Crippen LogP) is 5.06. The van der Waals surface area contributed by atoms with Crippen molar-refractivity contribution in [1.29, 1.82) is 0 Å². The van der Waals surface area contributed by atoms with E-state index in [1.54, 1.807) is 31.2 Å². The Balaban J connectivity index is 1.63. The Hall–Kier alpha value is -5.27. The number of rotatable bonds is 7. The number of hydrazone groups is 1. The molecule has 2 aromatic carbocycles. The lowest BCUT2D eigenvalue weighted by Crippen LogP contribution is -2.32. The van der Waals surface area contributed by atoms with E-state index in [4.69, 9.17) is 0 Å². The molecule has 2 aliphatic rings. The van der Waals surface area contributed by atoms with Crippen LogP contribution < -0.4 is 0 Å². The zero-order valence-electron chi connectivity index (χ0n) is 21.2. The van der Waals surface area contributed by atoms with E-state index in [0.29, 0.717) is 42.6 Å². The van der Waals surface area contributed by atoms with Gasteiger partial charge < -0.3 is 0 Å². The van der Waals surface area contributed by atoms with Crippen LogP contribution in [0.15, 0.2) is 65.4 Å². The summed E-state index contributed by atoms with van der Waals surface area (Å²) in [4.78, 5) is 46.7. The Morgan fingerprint density at radius 2 is 1.73 bits per heavy atom. The molecule has 0 unspecified atom stereocenters. The van der Waals surface area contributed by atoms with Gasteiger partial charge in [-0.2, -0.15) is 10.2 Å². The van der Waals surface area contributed by atoms with Gasteiger partial charge in [0.2, 0.25) is 5.69 Å². The highest BCUT2D eigenvalue weighted by Crippen LogP contribution is 2.45. The number of non-ortho nitro benzene ring substituents is 2. The van der Waals surface area contributed by atoms with Crippen molar-refractivity contribution in [3.8, 4) is 0 Å². The van der Waals surface area contributed by atoms with E-state index >= 15 is 0 Å². The third kappa shape index (κ3) is 4.81. The molecule has 1 fully saturated rings. The summed E-state index contributed by atoms with van der Waals surface area (Å²) in [6, 6.07) is 11.2. The first-order valence-corrected chi connectivity index (χ1v) is 12.5. The van der Waals surface area contributed by atoms with Crippen molar-refractivity contribution in [2.75, 3.05) is 0 Å². The molecule has 3 aromatic rings. The maximum Gasteiger partial charge on any atom is 0.320 e. The van der Waals surface area contributed by atoms with Gasteiger partial charge in [0.05, 0.1) is 26.5 Å². The number of carbonyl (C=O) groups is 1. The Bertz CT molecular complexity index is 1610. The molecule has 2 heterocycles. The van der Waals surface area contributed by atoms with Gasteiger partial charge in [0.1, 0.15) is 6.20 Å². The summed E-state index contributed by atoms with van der Waals surface area (Å²) < 4.78 is 1.29. The summed E-state index contributed by atoms with van der Waals surface area (Å²) in [6.07, 6.45) is 4.87. The molecule has 5 rings (SSSR count). The van der Waals surface area contributed by atoms with Gasteiger partial charge in [0.15, 0.2) is 0 Å². The van der Waals surface area contributed by atoms with Crippen LogP contribution in [-0.4, -0.2) is 41.2 Å². The molecule has 14 heteroatoms. The van der Waals surface area contributed by atoms with Crippen LogP contribution in [0.2, 0.25) is 0 Å². The number of carbonyl (C=O) groups excluding carboxylic acids is 1. The lowest BCUT2D eigenvalue weighted by atomic mass is 9.77. The molecule has 0 bridgehead atoms. The lowest BCUT2D eigenvalue weighted by Gasteiger charge is -2.29. The summed E-state index contributed by atoms with van der Waals surface area (Å²) in [5.74, 6) is -1.16. The standard InChI is InChI=1S/C26H23N7O7/c1-2-29-15-22(33(39)40)24(27-29)26(34)30-25(18-8-4-10-20(14-18)32(37)38)21-11-5-7-17(23(21)28-30)12-16-6-3-9-19(13-16)31(35)36/h3-4,6,8-10,12-15,21,25H,2,5,7,11H2,1H3/b17-12+/t21-,25-/m1/s1. The zero-order chi connectivity index (χ0) is 28.6. The van der Waals surface area contributed by atoms with Crippen LogP contribution in [0.5, 0.6) is 0 Å². The van der Waals surface area contributed by atoms with Crippen molar-refractivity contribution in [3.05, 3.63) is 107 Å². The summed E-state index contributed by atoms with van der Waals surface area (Å²) in [5, 5.41) is 44.4. The molecule has 0 spiro atoms. The number of amides is 1. The van der Waals surface area contributed by atoms with E-state index in [0.717, 1.165) is 10.6 Å². The third-order valence-corrected chi connectivity index (χ3v) is 7.02. The molecule has 0 N–H and O–H groups in total. The second-order valence-corrected chi connectivity index (χ2v) is 9.43. The smallest absolute Gasteiger partial charge is 0.265 e. The second-order valence-electron chi connectivity index (χ2n) is 9.43. The van der Waals surface area contributed by atoms with Gasteiger partial charge in [-0.3, -0.25) is 39.8 Å². The monoisotopic (exact) mass is 545 g/mol. The van der Waals surface area contributed by atoms with Crippen molar-refractivity contribution in [2.45, 2.75) is 38.8 Å². The first-order chi connectivity index (χ1) is 19.2. The minimum absolute atomic E-state index is 0.0693. The van der Waals surface area contributed by atoms with E-state index in [9.17, 15) is 35.1 Å². The highest BCUT2D eigenvalue weighted by molar-refractivity contribution is 6.09. The number of fused-ring (bicyclic) bond motifs is 1. The van der Waals surface area contributed by atoms with Crippen molar-refractivity contribution in [2.24, 2.45) is 11.0 Å². The van der Waals surface area contributed by atoms with Gasteiger partial charge in [-0.05, 0) is 49.0 Å². The fourth-order valence-corrected chi connectivity index (χ4v) is 5.22.